The lowest BCUT2D eigenvalue weighted by Crippen LogP contribution is -2.06. The van der Waals surface area contributed by atoms with E-state index in [2.05, 4.69) is 15.3 Å². The van der Waals surface area contributed by atoms with Gasteiger partial charge in [0.2, 0.25) is 5.95 Å². The highest BCUT2D eigenvalue weighted by molar-refractivity contribution is 5.32. The van der Waals surface area contributed by atoms with Crippen LogP contribution in [0.2, 0.25) is 0 Å². The van der Waals surface area contributed by atoms with E-state index in [4.69, 9.17) is 5.26 Å². The van der Waals surface area contributed by atoms with Crippen LogP contribution in [0.1, 0.15) is 16.8 Å². The van der Waals surface area contributed by atoms with Crippen molar-refractivity contribution < 1.29 is 13.2 Å². The molecule has 0 aliphatic carbocycles. The lowest BCUT2D eigenvalue weighted by Gasteiger charge is -2.08. The Hall–Kier alpha value is -2.62. The Morgan fingerprint density at radius 2 is 1.85 bits per heavy atom. The molecule has 7 heteroatoms. The van der Waals surface area contributed by atoms with Crippen LogP contribution in [0.4, 0.5) is 19.1 Å². The summed E-state index contributed by atoms with van der Waals surface area (Å²) in [5, 5.41) is 11.5. The number of nitriles is 1. The number of rotatable bonds is 3. The molecule has 2 aromatic rings. The van der Waals surface area contributed by atoms with E-state index in [0.717, 1.165) is 12.1 Å². The molecule has 0 bridgehead atoms. The average Bonchev–Trinajstić information content (AvgIpc) is 2.45. The van der Waals surface area contributed by atoms with Crippen LogP contribution >= 0.6 is 0 Å². The van der Waals surface area contributed by atoms with Gasteiger partial charge in [-0.15, -0.1) is 0 Å². The second-order valence-corrected chi connectivity index (χ2v) is 3.93. The van der Waals surface area contributed by atoms with E-state index >= 15 is 0 Å². The van der Waals surface area contributed by atoms with E-state index in [9.17, 15) is 13.2 Å². The third-order valence-corrected chi connectivity index (χ3v) is 2.50. The Morgan fingerprint density at radius 3 is 2.45 bits per heavy atom. The summed E-state index contributed by atoms with van der Waals surface area (Å²) in [6.45, 7) is 0.271. The monoisotopic (exact) mass is 278 g/mol. The highest BCUT2D eigenvalue weighted by atomic mass is 19.4. The molecule has 0 unspecified atom stereocenters. The highest BCUT2D eigenvalue weighted by Crippen LogP contribution is 2.29. The number of halogens is 3. The summed E-state index contributed by atoms with van der Waals surface area (Å²) in [7, 11) is 0. The van der Waals surface area contributed by atoms with Gasteiger partial charge in [-0.3, -0.25) is 0 Å². The van der Waals surface area contributed by atoms with Crippen LogP contribution in [-0.2, 0) is 12.7 Å². The number of nitrogens with zero attached hydrogens (tertiary/aromatic N) is 3. The zero-order chi connectivity index (χ0) is 14.6. The van der Waals surface area contributed by atoms with Crippen LogP contribution in [0.25, 0.3) is 0 Å². The lowest BCUT2D eigenvalue weighted by molar-refractivity contribution is -0.137. The first-order valence-electron chi connectivity index (χ1n) is 5.62. The summed E-state index contributed by atoms with van der Waals surface area (Å²) in [6, 6.07) is 8.13. The first kappa shape index (κ1) is 13.8. The number of nitrogens with one attached hydrogen (secondary N) is 1. The second-order valence-electron chi connectivity index (χ2n) is 3.93. The van der Waals surface area contributed by atoms with Crippen molar-refractivity contribution >= 4 is 5.95 Å². The molecule has 0 saturated carbocycles. The van der Waals surface area contributed by atoms with E-state index in [1.807, 2.05) is 6.07 Å². The lowest BCUT2D eigenvalue weighted by atomic mass is 10.1. The third kappa shape index (κ3) is 3.45. The summed E-state index contributed by atoms with van der Waals surface area (Å²) in [5.74, 6) is 0.254. The van der Waals surface area contributed by atoms with Crippen molar-refractivity contribution in [2.75, 3.05) is 5.32 Å². The third-order valence-electron chi connectivity index (χ3n) is 2.50. The van der Waals surface area contributed by atoms with Gasteiger partial charge < -0.3 is 5.32 Å². The fourth-order valence-electron chi connectivity index (χ4n) is 1.50. The Kier molecular flexibility index (Phi) is 3.84. The molecule has 1 heterocycles. The van der Waals surface area contributed by atoms with E-state index in [-0.39, 0.29) is 18.2 Å². The fraction of sp³-hybridized carbons (Fsp3) is 0.154. The van der Waals surface area contributed by atoms with Crippen LogP contribution in [-0.4, -0.2) is 9.97 Å². The van der Waals surface area contributed by atoms with Crippen LogP contribution in [0, 0.1) is 11.3 Å². The Bertz CT molecular complexity index is 629. The number of hydrogen-bond acceptors (Lipinski definition) is 4. The van der Waals surface area contributed by atoms with Gasteiger partial charge in [0.05, 0.1) is 5.56 Å². The number of hydrogen-bond donors (Lipinski definition) is 1. The van der Waals surface area contributed by atoms with Gasteiger partial charge in [-0.2, -0.15) is 18.4 Å². The van der Waals surface area contributed by atoms with Gasteiger partial charge in [0.25, 0.3) is 0 Å². The van der Waals surface area contributed by atoms with Crippen LogP contribution in [0.3, 0.4) is 0 Å². The van der Waals surface area contributed by atoms with Crippen molar-refractivity contribution in [3.63, 3.8) is 0 Å². The van der Waals surface area contributed by atoms with Gasteiger partial charge >= 0.3 is 6.18 Å². The van der Waals surface area contributed by atoms with Crippen molar-refractivity contribution in [1.29, 1.82) is 5.26 Å². The van der Waals surface area contributed by atoms with E-state index in [1.165, 1.54) is 24.4 Å². The summed E-state index contributed by atoms with van der Waals surface area (Å²) >= 11 is 0. The molecule has 1 N–H and O–H groups in total. The fourth-order valence-corrected chi connectivity index (χ4v) is 1.50. The van der Waals surface area contributed by atoms with E-state index in [0.29, 0.717) is 5.56 Å². The molecule has 0 atom stereocenters. The molecule has 0 fully saturated rings. The zero-order valence-corrected chi connectivity index (χ0v) is 10.1. The minimum absolute atomic E-state index is 0.218. The molecule has 1 aromatic heterocycles. The maximum absolute atomic E-state index is 12.4. The summed E-state index contributed by atoms with van der Waals surface area (Å²) in [6.07, 6.45) is -2.91. The summed E-state index contributed by atoms with van der Waals surface area (Å²) < 4.78 is 37.2. The topological polar surface area (TPSA) is 61.6 Å². The average molecular weight is 278 g/mol. The molecule has 0 amide bonds. The molecule has 4 nitrogen and oxygen atoms in total. The molecule has 0 spiro atoms. The second kappa shape index (κ2) is 5.57. The SMILES string of the molecule is N#Cc1ccnc(NCc2ccc(C(F)(F)F)cc2)n1. The molecular formula is C13H9F3N4. The van der Waals surface area contributed by atoms with Crippen molar-refractivity contribution in [1.82, 2.24) is 9.97 Å². The predicted octanol–water partition coefficient (Wildman–Crippen LogP) is 2.98. The van der Waals surface area contributed by atoms with Crippen molar-refractivity contribution in [3.8, 4) is 6.07 Å². The molecule has 20 heavy (non-hydrogen) atoms. The van der Waals surface area contributed by atoms with Gasteiger partial charge in [0.15, 0.2) is 0 Å². The molecule has 0 radical (unpaired) electrons. The Balaban J connectivity index is 2.02. The quantitative estimate of drug-likeness (QED) is 0.937. The smallest absolute Gasteiger partial charge is 0.350 e. The minimum Gasteiger partial charge on any atom is -0.350 e. The molecule has 2 rings (SSSR count). The maximum Gasteiger partial charge on any atom is 0.416 e. The molecule has 0 saturated heterocycles. The van der Waals surface area contributed by atoms with Gasteiger partial charge in [-0.1, -0.05) is 12.1 Å². The van der Waals surface area contributed by atoms with Crippen molar-refractivity contribution in [2.45, 2.75) is 12.7 Å². The molecular weight excluding hydrogens is 269 g/mol. The summed E-state index contributed by atoms with van der Waals surface area (Å²) in [4.78, 5) is 7.81. The maximum atomic E-state index is 12.4. The van der Waals surface area contributed by atoms with Gasteiger partial charge in [-0.05, 0) is 23.8 Å². The number of alkyl halides is 3. The Labute approximate surface area is 112 Å². The molecule has 1 aromatic carbocycles. The first-order chi connectivity index (χ1) is 9.49. The van der Waals surface area contributed by atoms with E-state index in [1.54, 1.807) is 0 Å². The van der Waals surface area contributed by atoms with Crippen molar-refractivity contribution in [3.05, 3.63) is 53.3 Å². The zero-order valence-electron chi connectivity index (χ0n) is 10.1. The number of anilines is 1. The van der Waals surface area contributed by atoms with Crippen LogP contribution in [0.5, 0.6) is 0 Å². The largest absolute Gasteiger partial charge is 0.416 e. The minimum atomic E-state index is -4.34. The number of aromatic nitrogens is 2. The highest BCUT2D eigenvalue weighted by Gasteiger charge is 2.29. The van der Waals surface area contributed by atoms with E-state index < -0.39 is 11.7 Å². The van der Waals surface area contributed by atoms with Gasteiger partial charge in [0, 0.05) is 12.7 Å². The molecule has 0 aliphatic rings. The van der Waals surface area contributed by atoms with Gasteiger partial charge in [-0.25, -0.2) is 9.97 Å². The normalized spacial score (nSPS) is 10.9. The Morgan fingerprint density at radius 1 is 1.15 bits per heavy atom. The molecule has 0 aliphatic heterocycles. The number of benzene rings is 1. The summed E-state index contributed by atoms with van der Waals surface area (Å²) in [5.41, 5.74) is 0.183. The van der Waals surface area contributed by atoms with Crippen LogP contribution in [0.15, 0.2) is 36.5 Å². The predicted molar refractivity (Wildman–Crippen MR) is 65.5 cm³/mol. The standard InChI is InChI=1S/C13H9F3N4/c14-13(15,16)10-3-1-9(2-4-10)8-19-12-18-6-5-11(7-17)20-12/h1-6H,8H2,(H,18,19,20). The van der Waals surface area contributed by atoms with Crippen LogP contribution < -0.4 is 5.32 Å². The molecule has 102 valence electrons. The van der Waals surface area contributed by atoms with Crippen molar-refractivity contribution in [2.24, 2.45) is 0 Å². The van der Waals surface area contributed by atoms with Gasteiger partial charge in [0.1, 0.15) is 11.8 Å². The first-order valence-corrected chi connectivity index (χ1v) is 5.62.